The van der Waals surface area contributed by atoms with Crippen molar-refractivity contribution in [3.63, 3.8) is 0 Å². The maximum absolute atomic E-state index is 9.32. The summed E-state index contributed by atoms with van der Waals surface area (Å²) < 4.78 is 6.56. The van der Waals surface area contributed by atoms with E-state index in [0.29, 0.717) is 19.7 Å². The molecule has 0 spiro atoms. The van der Waals surface area contributed by atoms with E-state index in [0.717, 1.165) is 5.56 Å². The summed E-state index contributed by atoms with van der Waals surface area (Å²) in [5, 5.41) is 16.5. The molecule has 0 aliphatic heterocycles. The Bertz CT molecular complexity index is 262. The molecule has 1 rings (SSSR count). The van der Waals surface area contributed by atoms with Gasteiger partial charge in [-0.1, -0.05) is 0 Å². The van der Waals surface area contributed by atoms with E-state index in [9.17, 15) is 5.11 Å². The number of hydrogen-bond acceptors (Lipinski definition) is 4. The summed E-state index contributed by atoms with van der Waals surface area (Å²) in [6.45, 7) is 1.61. The van der Waals surface area contributed by atoms with Gasteiger partial charge < -0.3 is 15.2 Å². The molecular weight excluding hydrogens is 182 g/mol. The highest BCUT2D eigenvalue weighted by atomic mass is 16.5. The predicted molar refractivity (Wildman–Crippen MR) is 52.8 cm³/mol. The lowest BCUT2D eigenvalue weighted by molar-refractivity contribution is 0.0644. The normalized spacial score (nSPS) is 13.1. The van der Waals surface area contributed by atoms with E-state index in [-0.39, 0.29) is 0 Å². The number of hydrogen-bond donors (Lipinski definition) is 2. The van der Waals surface area contributed by atoms with Crippen molar-refractivity contribution >= 4 is 0 Å². The summed E-state index contributed by atoms with van der Waals surface area (Å²) in [5.41, 5.74) is 1.11. The molecule has 5 heteroatoms. The van der Waals surface area contributed by atoms with Crippen LogP contribution in [0, 0.1) is 0 Å². The molecule has 5 nitrogen and oxygen atoms in total. The number of ether oxygens (including phenoxy) is 1. The lowest BCUT2D eigenvalue weighted by atomic mass is 10.3. The predicted octanol–water partition coefficient (Wildman–Crippen LogP) is -0.483. The van der Waals surface area contributed by atoms with Crippen LogP contribution in [0.2, 0.25) is 0 Å². The van der Waals surface area contributed by atoms with Crippen LogP contribution in [0.15, 0.2) is 12.4 Å². The first-order valence-electron chi connectivity index (χ1n) is 4.57. The molecule has 1 aromatic heterocycles. The summed E-state index contributed by atoms with van der Waals surface area (Å²) >= 11 is 0. The number of aryl methyl sites for hydroxylation is 1. The van der Waals surface area contributed by atoms with Gasteiger partial charge in [-0.2, -0.15) is 5.10 Å². The van der Waals surface area contributed by atoms with E-state index in [1.54, 1.807) is 18.0 Å². The second kappa shape index (κ2) is 5.74. The highest BCUT2D eigenvalue weighted by molar-refractivity contribution is 5.02. The fourth-order valence-corrected chi connectivity index (χ4v) is 1.20. The van der Waals surface area contributed by atoms with E-state index < -0.39 is 6.10 Å². The van der Waals surface area contributed by atoms with Crippen LogP contribution >= 0.6 is 0 Å². The van der Waals surface area contributed by atoms with Gasteiger partial charge in [-0.15, -0.1) is 0 Å². The van der Waals surface area contributed by atoms with Crippen molar-refractivity contribution in [2.24, 2.45) is 7.05 Å². The summed E-state index contributed by atoms with van der Waals surface area (Å²) in [6, 6.07) is 0. The summed E-state index contributed by atoms with van der Waals surface area (Å²) in [6.07, 6.45) is 3.29. The Labute approximate surface area is 83.7 Å². The van der Waals surface area contributed by atoms with E-state index in [4.69, 9.17) is 4.74 Å². The first kappa shape index (κ1) is 11.2. The minimum Gasteiger partial charge on any atom is -0.389 e. The molecule has 0 aromatic carbocycles. The molecule has 1 heterocycles. The topological polar surface area (TPSA) is 59.3 Å². The number of nitrogens with zero attached hydrogens (tertiary/aromatic N) is 2. The van der Waals surface area contributed by atoms with Gasteiger partial charge in [-0.25, -0.2) is 0 Å². The van der Waals surface area contributed by atoms with E-state index in [2.05, 4.69) is 10.4 Å². The van der Waals surface area contributed by atoms with Gasteiger partial charge in [-0.05, 0) is 0 Å². The SMILES string of the molecule is COCC(O)CNCc1cnn(C)c1. The number of aromatic nitrogens is 2. The molecule has 0 aliphatic rings. The second-order valence-corrected chi connectivity index (χ2v) is 3.26. The first-order valence-corrected chi connectivity index (χ1v) is 4.57. The molecule has 0 saturated carbocycles. The third-order valence-corrected chi connectivity index (χ3v) is 1.83. The van der Waals surface area contributed by atoms with E-state index >= 15 is 0 Å². The molecule has 0 bridgehead atoms. The zero-order chi connectivity index (χ0) is 10.4. The largest absolute Gasteiger partial charge is 0.389 e. The third-order valence-electron chi connectivity index (χ3n) is 1.83. The van der Waals surface area contributed by atoms with Crippen LogP contribution in [0.4, 0.5) is 0 Å². The average Bonchev–Trinajstić information content (AvgIpc) is 2.52. The molecule has 80 valence electrons. The number of methoxy groups -OCH3 is 1. The smallest absolute Gasteiger partial charge is 0.0897 e. The Kier molecular flexibility index (Phi) is 4.58. The van der Waals surface area contributed by atoms with E-state index in [1.807, 2.05) is 13.2 Å². The number of nitrogens with one attached hydrogen (secondary N) is 1. The lowest BCUT2D eigenvalue weighted by Gasteiger charge is -2.09. The molecule has 0 amide bonds. The lowest BCUT2D eigenvalue weighted by Crippen LogP contribution is -2.29. The zero-order valence-corrected chi connectivity index (χ0v) is 8.60. The van der Waals surface area contributed by atoms with Crippen LogP contribution in [0.3, 0.4) is 0 Å². The maximum atomic E-state index is 9.32. The van der Waals surface area contributed by atoms with Crippen molar-refractivity contribution in [3.05, 3.63) is 18.0 Å². The quantitative estimate of drug-likeness (QED) is 0.649. The van der Waals surface area contributed by atoms with Crippen LogP contribution in [-0.4, -0.2) is 41.3 Å². The van der Waals surface area contributed by atoms with Crippen LogP contribution in [0.25, 0.3) is 0 Å². The highest BCUT2D eigenvalue weighted by Gasteiger charge is 2.02. The van der Waals surface area contributed by atoms with Gasteiger partial charge in [0.25, 0.3) is 0 Å². The van der Waals surface area contributed by atoms with Gasteiger partial charge >= 0.3 is 0 Å². The fraction of sp³-hybridized carbons (Fsp3) is 0.667. The number of aliphatic hydroxyl groups excluding tert-OH is 1. The van der Waals surface area contributed by atoms with Crippen LogP contribution in [0.1, 0.15) is 5.56 Å². The molecule has 1 aromatic rings. The summed E-state index contributed by atoms with van der Waals surface area (Å²) in [5.74, 6) is 0. The third kappa shape index (κ3) is 3.87. The maximum Gasteiger partial charge on any atom is 0.0897 e. The standard InChI is InChI=1S/C9H17N3O2/c1-12-6-8(4-11-12)3-10-5-9(13)7-14-2/h4,6,9-10,13H,3,5,7H2,1-2H3. The Morgan fingerprint density at radius 1 is 1.71 bits per heavy atom. The molecular formula is C9H17N3O2. The van der Waals surface area contributed by atoms with Gasteiger partial charge in [0.15, 0.2) is 0 Å². The molecule has 1 unspecified atom stereocenters. The first-order chi connectivity index (χ1) is 6.72. The van der Waals surface area contributed by atoms with Crippen molar-refractivity contribution in [2.45, 2.75) is 12.6 Å². The minimum absolute atomic E-state index is 0.361. The molecule has 2 N–H and O–H groups in total. The Morgan fingerprint density at radius 2 is 2.50 bits per heavy atom. The van der Waals surface area contributed by atoms with Gasteiger partial charge in [0.2, 0.25) is 0 Å². The molecule has 0 saturated heterocycles. The van der Waals surface area contributed by atoms with Crippen molar-refractivity contribution in [1.82, 2.24) is 15.1 Å². The number of rotatable bonds is 6. The molecule has 0 aliphatic carbocycles. The fourth-order valence-electron chi connectivity index (χ4n) is 1.20. The summed E-state index contributed by atoms with van der Waals surface area (Å²) in [7, 11) is 3.45. The minimum atomic E-state index is -0.448. The van der Waals surface area contributed by atoms with Crippen LogP contribution in [-0.2, 0) is 18.3 Å². The average molecular weight is 199 g/mol. The monoisotopic (exact) mass is 199 g/mol. The Morgan fingerprint density at radius 3 is 3.07 bits per heavy atom. The van der Waals surface area contributed by atoms with Gasteiger partial charge in [0.1, 0.15) is 0 Å². The second-order valence-electron chi connectivity index (χ2n) is 3.26. The van der Waals surface area contributed by atoms with Crippen LogP contribution < -0.4 is 5.32 Å². The zero-order valence-electron chi connectivity index (χ0n) is 8.60. The highest BCUT2D eigenvalue weighted by Crippen LogP contribution is 1.94. The Hall–Kier alpha value is -0.910. The number of aliphatic hydroxyl groups is 1. The molecule has 0 fully saturated rings. The van der Waals surface area contributed by atoms with Crippen molar-refractivity contribution in [3.8, 4) is 0 Å². The Balaban J connectivity index is 2.15. The molecule has 14 heavy (non-hydrogen) atoms. The van der Waals surface area contributed by atoms with E-state index in [1.165, 1.54) is 0 Å². The van der Waals surface area contributed by atoms with Gasteiger partial charge in [0, 0.05) is 39.0 Å². The van der Waals surface area contributed by atoms with Crippen molar-refractivity contribution in [1.29, 1.82) is 0 Å². The van der Waals surface area contributed by atoms with Crippen molar-refractivity contribution < 1.29 is 9.84 Å². The summed E-state index contributed by atoms with van der Waals surface area (Å²) in [4.78, 5) is 0. The van der Waals surface area contributed by atoms with Crippen molar-refractivity contribution in [2.75, 3.05) is 20.3 Å². The van der Waals surface area contributed by atoms with Crippen LogP contribution in [0.5, 0.6) is 0 Å². The molecule has 1 atom stereocenters. The van der Waals surface area contributed by atoms with Gasteiger partial charge in [-0.3, -0.25) is 4.68 Å². The van der Waals surface area contributed by atoms with Gasteiger partial charge in [0.05, 0.1) is 18.9 Å². The molecule has 0 radical (unpaired) electrons.